The quantitative estimate of drug-likeness (QED) is 0.726. The second kappa shape index (κ2) is 11.0. The summed E-state index contributed by atoms with van der Waals surface area (Å²) in [7, 11) is 0. The van der Waals surface area contributed by atoms with E-state index in [4.69, 9.17) is 5.11 Å². The molecule has 0 unspecified atom stereocenters. The van der Waals surface area contributed by atoms with Crippen LogP contribution >= 0.6 is 12.4 Å². The number of carbonyl (C=O) groups is 2. The van der Waals surface area contributed by atoms with Crippen LogP contribution in [0.4, 0.5) is 0 Å². The van der Waals surface area contributed by atoms with Crippen LogP contribution in [0.3, 0.4) is 0 Å². The highest BCUT2D eigenvalue weighted by Gasteiger charge is 2.12. The zero-order chi connectivity index (χ0) is 15.7. The van der Waals surface area contributed by atoms with Gasteiger partial charge in [-0.15, -0.1) is 12.4 Å². The number of hydrogen-bond donors (Lipinski definition) is 2. The normalized spacial score (nSPS) is 10.1. The number of carbonyl (C=O) groups excluding carboxylic acids is 1. The minimum absolute atomic E-state index is 0. The van der Waals surface area contributed by atoms with Crippen molar-refractivity contribution in [3.8, 4) is 0 Å². The van der Waals surface area contributed by atoms with Gasteiger partial charge in [-0.2, -0.15) is 0 Å². The van der Waals surface area contributed by atoms with Gasteiger partial charge in [0.25, 0.3) is 0 Å². The summed E-state index contributed by atoms with van der Waals surface area (Å²) in [6.07, 6.45) is 1.61. The van der Waals surface area contributed by atoms with Crippen molar-refractivity contribution in [1.82, 2.24) is 10.2 Å². The van der Waals surface area contributed by atoms with Crippen molar-refractivity contribution in [3.63, 3.8) is 0 Å². The van der Waals surface area contributed by atoms with E-state index in [1.807, 2.05) is 32.0 Å². The summed E-state index contributed by atoms with van der Waals surface area (Å²) in [5.74, 6) is -1.03. The van der Waals surface area contributed by atoms with Gasteiger partial charge in [0.05, 0.1) is 13.1 Å². The van der Waals surface area contributed by atoms with Crippen molar-refractivity contribution in [3.05, 3.63) is 35.4 Å². The highest BCUT2D eigenvalue weighted by Crippen LogP contribution is 2.06. The molecule has 0 saturated heterocycles. The Morgan fingerprint density at radius 1 is 1.23 bits per heavy atom. The van der Waals surface area contributed by atoms with Crippen LogP contribution in [0, 0.1) is 6.92 Å². The molecule has 0 aliphatic rings. The molecular formula is C16H25ClN2O3. The lowest BCUT2D eigenvalue weighted by molar-refractivity contribution is -0.138. The molecule has 5 nitrogen and oxygen atoms in total. The zero-order valence-corrected chi connectivity index (χ0v) is 14.0. The zero-order valence-electron chi connectivity index (χ0n) is 13.2. The number of nitrogens with one attached hydrogen (secondary N) is 1. The predicted octanol–water partition coefficient (Wildman–Crippen LogP) is 1.87. The molecule has 1 aromatic carbocycles. The Kier molecular flexibility index (Phi) is 10.2. The molecular weight excluding hydrogens is 304 g/mol. The number of nitrogens with zero attached hydrogens (tertiary/aromatic N) is 1. The van der Waals surface area contributed by atoms with E-state index in [1.165, 1.54) is 11.1 Å². The standard InChI is InChI=1S/C16H24N2O3.ClH/c1-3-10-18(12-16(20)21)11-15(19)17-9-8-14-7-5-4-6-13(14)2;/h4-7H,3,8-12H2,1-2H3,(H,17,19)(H,20,21);1H. The van der Waals surface area contributed by atoms with Crippen LogP contribution < -0.4 is 5.32 Å². The van der Waals surface area contributed by atoms with E-state index in [2.05, 4.69) is 11.4 Å². The molecule has 6 heteroatoms. The Morgan fingerprint density at radius 3 is 2.50 bits per heavy atom. The van der Waals surface area contributed by atoms with Crippen LogP contribution in [0.15, 0.2) is 24.3 Å². The van der Waals surface area contributed by atoms with Gasteiger partial charge in [-0.25, -0.2) is 0 Å². The van der Waals surface area contributed by atoms with Gasteiger partial charge in [0.2, 0.25) is 5.91 Å². The molecule has 0 spiro atoms. The minimum Gasteiger partial charge on any atom is -0.480 e. The number of rotatable bonds is 9. The van der Waals surface area contributed by atoms with Gasteiger partial charge >= 0.3 is 5.97 Å². The van der Waals surface area contributed by atoms with Gasteiger partial charge in [0.15, 0.2) is 0 Å². The molecule has 0 aliphatic heterocycles. The number of benzene rings is 1. The van der Waals surface area contributed by atoms with Crippen LogP contribution in [0.2, 0.25) is 0 Å². The highest BCUT2D eigenvalue weighted by atomic mass is 35.5. The summed E-state index contributed by atoms with van der Waals surface area (Å²) in [6, 6.07) is 8.08. The van der Waals surface area contributed by atoms with Crippen LogP contribution in [-0.4, -0.2) is 48.1 Å². The molecule has 0 heterocycles. The maximum Gasteiger partial charge on any atom is 0.317 e. The smallest absolute Gasteiger partial charge is 0.317 e. The lowest BCUT2D eigenvalue weighted by atomic mass is 10.1. The molecule has 22 heavy (non-hydrogen) atoms. The number of amides is 1. The van der Waals surface area contributed by atoms with E-state index < -0.39 is 5.97 Å². The summed E-state index contributed by atoms with van der Waals surface area (Å²) < 4.78 is 0. The fourth-order valence-electron chi connectivity index (χ4n) is 2.21. The lowest BCUT2D eigenvalue weighted by Gasteiger charge is -2.18. The van der Waals surface area contributed by atoms with Crippen molar-refractivity contribution < 1.29 is 14.7 Å². The van der Waals surface area contributed by atoms with E-state index >= 15 is 0 Å². The molecule has 2 N–H and O–H groups in total. The topological polar surface area (TPSA) is 69.6 Å². The highest BCUT2D eigenvalue weighted by molar-refractivity contribution is 5.85. The molecule has 124 valence electrons. The van der Waals surface area contributed by atoms with E-state index in [9.17, 15) is 9.59 Å². The molecule has 0 bridgehead atoms. The number of carboxylic acid groups (broad SMARTS) is 1. The number of carboxylic acids is 1. The fourth-order valence-corrected chi connectivity index (χ4v) is 2.21. The molecule has 0 atom stereocenters. The van der Waals surface area contributed by atoms with Crippen molar-refractivity contribution in [2.45, 2.75) is 26.7 Å². The predicted molar refractivity (Wildman–Crippen MR) is 89.5 cm³/mol. The molecule has 0 saturated carbocycles. The van der Waals surface area contributed by atoms with Gasteiger partial charge < -0.3 is 10.4 Å². The third kappa shape index (κ3) is 8.00. The van der Waals surface area contributed by atoms with Crippen molar-refractivity contribution >= 4 is 24.3 Å². The van der Waals surface area contributed by atoms with Gasteiger partial charge in [-0.3, -0.25) is 14.5 Å². The molecule has 0 radical (unpaired) electrons. The van der Waals surface area contributed by atoms with E-state index in [-0.39, 0.29) is 31.4 Å². The lowest BCUT2D eigenvalue weighted by Crippen LogP contribution is -2.40. The van der Waals surface area contributed by atoms with Gasteiger partial charge in [-0.05, 0) is 37.4 Å². The Morgan fingerprint density at radius 2 is 1.91 bits per heavy atom. The molecule has 0 fully saturated rings. The number of aryl methyl sites for hydroxylation is 1. The average Bonchev–Trinajstić information content (AvgIpc) is 2.40. The Bertz CT molecular complexity index is 480. The number of halogens is 1. The molecule has 1 amide bonds. The van der Waals surface area contributed by atoms with Gasteiger partial charge in [0.1, 0.15) is 0 Å². The van der Waals surface area contributed by atoms with E-state index in [1.54, 1.807) is 4.90 Å². The summed E-state index contributed by atoms with van der Waals surface area (Å²) in [5, 5.41) is 11.7. The molecule has 1 rings (SSSR count). The summed E-state index contributed by atoms with van der Waals surface area (Å²) in [5.41, 5.74) is 2.43. The number of hydrogen-bond acceptors (Lipinski definition) is 3. The average molecular weight is 329 g/mol. The molecule has 0 aliphatic carbocycles. The molecule has 0 aromatic heterocycles. The van der Waals surface area contributed by atoms with E-state index in [0.717, 1.165) is 12.8 Å². The second-order valence-corrected chi connectivity index (χ2v) is 5.13. The van der Waals surface area contributed by atoms with Crippen molar-refractivity contribution in [2.24, 2.45) is 0 Å². The first kappa shape index (κ1) is 20.4. The summed E-state index contributed by atoms with van der Waals surface area (Å²) >= 11 is 0. The SMILES string of the molecule is CCCN(CC(=O)O)CC(=O)NCCc1ccccc1C.Cl. The Hall–Kier alpha value is -1.59. The third-order valence-corrected chi connectivity index (χ3v) is 3.24. The third-order valence-electron chi connectivity index (χ3n) is 3.24. The maximum absolute atomic E-state index is 11.8. The fraction of sp³-hybridized carbons (Fsp3) is 0.500. The molecule has 1 aromatic rings. The van der Waals surface area contributed by atoms with Crippen LogP contribution in [-0.2, 0) is 16.0 Å². The van der Waals surface area contributed by atoms with Gasteiger partial charge in [-0.1, -0.05) is 31.2 Å². The first-order valence-corrected chi connectivity index (χ1v) is 7.28. The van der Waals surface area contributed by atoms with Crippen LogP contribution in [0.5, 0.6) is 0 Å². The first-order chi connectivity index (χ1) is 10.0. The first-order valence-electron chi connectivity index (χ1n) is 7.28. The largest absolute Gasteiger partial charge is 0.480 e. The Balaban J connectivity index is 0.00000441. The Labute approximate surface area is 138 Å². The summed E-state index contributed by atoms with van der Waals surface area (Å²) in [6.45, 7) is 5.22. The monoisotopic (exact) mass is 328 g/mol. The van der Waals surface area contributed by atoms with Crippen LogP contribution in [0.1, 0.15) is 24.5 Å². The van der Waals surface area contributed by atoms with E-state index in [0.29, 0.717) is 13.1 Å². The van der Waals surface area contributed by atoms with Crippen LogP contribution in [0.25, 0.3) is 0 Å². The number of aliphatic carboxylic acids is 1. The second-order valence-electron chi connectivity index (χ2n) is 5.13. The summed E-state index contributed by atoms with van der Waals surface area (Å²) in [4.78, 5) is 24.2. The minimum atomic E-state index is -0.906. The van der Waals surface area contributed by atoms with Crippen molar-refractivity contribution in [1.29, 1.82) is 0 Å². The van der Waals surface area contributed by atoms with Crippen molar-refractivity contribution in [2.75, 3.05) is 26.2 Å². The maximum atomic E-state index is 11.8. The van der Waals surface area contributed by atoms with Gasteiger partial charge in [0, 0.05) is 6.54 Å².